The van der Waals surface area contributed by atoms with Crippen molar-refractivity contribution in [3.05, 3.63) is 105 Å². The fraction of sp³-hybridized carbons (Fsp3) is 0.222. The molecule has 0 N–H and O–H groups in total. The highest BCUT2D eigenvalue weighted by Gasteiger charge is 2.32. The maximum absolute atomic E-state index is 12.9. The number of ketones is 2. The molecule has 4 aromatic heterocycles. The molecule has 6 aromatic rings. The lowest BCUT2D eigenvalue weighted by Gasteiger charge is -2.26. The summed E-state index contributed by atoms with van der Waals surface area (Å²) in [5, 5.41) is 2.18. The summed E-state index contributed by atoms with van der Waals surface area (Å²) in [7, 11) is 0. The lowest BCUT2D eigenvalue weighted by molar-refractivity contribution is 0.0990. The predicted molar refractivity (Wildman–Crippen MR) is 180 cm³/mol. The smallest absolute Gasteiger partial charge is 0.197 e. The van der Waals surface area contributed by atoms with Gasteiger partial charge in [-0.15, -0.1) is 34.0 Å². The molecule has 3 nitrogen and oxygen atoms in total. The number of hydrogen-bond donors (Lipinski definition) is 0. The molecule has 0 unspecified atom stereocenters. The van der Waals surface area contributed by atoms with Crippen molar-refractivity contribution in [2.24, 2.45) is 0 Å². The Balaban J connectivity index is 1.33. The van der Waals surface area contributed by atoms with Gasteiger partial charge >= 0.3 is 0 Å². The van der Waals surface area contributed by atoms with Gasteiger partial charge < -0.3 is 4.57 Å². The fourth-order valence-corrected chi connectivity index (χ4v) is 8.82. The van der Waals surface area contributed by atoms with Crippen LogP contribution in [0.4, 0.5) is 0 Å². The lowest BCUT2D eigenvalue weighted by Crippen LogP contribution is -2.17. The lowest BCUT2D eigenvalue weighted by atomic mass is 9.80. The molecule has 0 spiro atoms. The van der Waals surface area contributed by atoms with Crippen molar-refractivity contribution in [3.63, 3.8) is 0 Å². The summed E-state index contributed by atoms with van der Waals surface area (Å²) in [5.41, 5.74) is 7.63. The Morgan fingerprint density at radius 2 is 1.31 bits per heavy atom. The van der Waals surface area contributed by atoms with E-state index < -0.39 is 0 Å². The summed E-state index contributed by atoms with van der Waals surface area (Å²) in [5.74, 6) is -0.373. The molecule has 1 aliphatic rings. The number of carbonyl (C=O) groups is 2. The fourth-order valence-electron chi connectivity index (χ4n) is 5.60. The Morgan fingerprint density at radius 3 is 1.93 bits per heavy atom. The van der Waals surface area contributed by atoms with Gasteiger partial charge in [-0.05, 0) is 69.8 Å². The monoisotopic (exact) mass is 605 g/mol. The van der Waals surface area contributed by atoms with Gasteiger partial charge in [0, 0.05) is 31.4 Å². The average Bonchev–Trinajstić information content (AvgIpc) is 3.74. The first-order chi connectivity index (χ1) is 19.9. The highest BCUT2D eigenvalue weighted by atomic mass is 32.1. The third kappa shape index (κ3) is 4.36. The Hall–Kier alpha value is -3.58. The Morgan fingerprint density at radius 1 is 0.667 bits per heavy atom. The number of nitrogens with zero attached hydrogens (tertiary/aromatic N) is 1. The van der Waals surface area contributed by atoms with Gasteiger partial charge in [-0.2, -0.15) is 0 Å². The molecule has 0 aliphatic heterocycles. The van der Waals surface area contributed by atoms with Gasteiger partial charge in [0.15, 0.2) is 11.6 Å². The second-order valence-electron chi connectivity index (χ2n) is 13.0. The number of Topliss-reactive ketones (excluding diaryl/α,β-unsaturated/α-hetero) is 2. The van der Waals surface area contributed by atoms with E-state index in [0.717, 1.165) is 9.75 Å². The van der Waals surface area contributed by atoms with Gasteiger partial charge in [0.05, 0.1) is 26.0 Å². The Kier molecular flexibility index (Phi) is 6.14. The first-order valence-electron chi connectivity index (χ1n) is 14.1. The maximum Gasteiger partial charge on any atom is 0.197 e. The number of aromatic nitrogens is 1. The second kappa shape index (κ2) is 9.46. The quantitative estimate of drug-likeness (QED) is 0.149. The highest BCUT2D eigenvalue weighted by molar-refractivity contribution is 7.30. The van der Waals surface area contributed by atoms with Crippen LogP contribution in [-0.2, 0) is 10.8 Å². The number of thiophene rings is 3. The molecule has 42 heavy (non-hydrogen) atoms. The third-order valence-electron chi connectivity index (χ3n) is 8.01. The van der Waals surface area contributed by atoms with Crippen LogP contribution in [0.3, 0.4) is 0 Å². The molecule has 0 fully saturated rings. The summed E-state index contributed by atoms with van der Waals surface area (Å²) >= 11 is 5.22. The number of benzene rings is 2. The first-order valence-corrected chi connectivity index (χ1v) is 16.6. The van der Waals surface area contributed by atoms with E-state index in [1.54, 1.807) is 53.0 Å². The maximum atomic E-state index is 12.9. The van der Waals surface area contributed by atoms with E-state index in [2.05, 4.69) is 87.9 Å². The van der Waals surface area contributed by atoms with Crippen LogP contribution in [-0.4, -0.2) is 16.1 Å². The van der Waals surface area contributed by atoms with Gasteiger partial charge in [0.25, 0.3) is 0 Å². The first kappa shape index (κ1) is 27.3. The molecule has 6 heteroatoms. The molecule has 7 rings (SSSR count). The number of rotatable bonds is 3. The minimum absolute atomic E-state index is 0.0289. The largest absolute Gasteiger partial charge is 0.307 e. The van der Waals surface area contributed by atoms with Crippen LogP contribution in [0.1, 0.15) is 78.3 Å². The number of allylic oxidation sites excluding steroid dienone is 1. The Bertz CT molecular complexity index is 2030. The molecule has 0 saturated heterocycles. The molecule has 210 valence electrons. The van der Waals surface area contributed by atoms with Crippen molar-refractivity contribution in [2.45, 2.75) is 52.4 Å². The molecule has 0 atom stereocenters. The molecule has 0 radical (unpaired) electrons. The van der Waals surface area contributed by atoms with E-state index in [4.69, 9.17) is 0 Å². The van der Waals surface area contributed by atoms with Gasteiger partial charge in [0.2, 0.25) is 0 Å². The number of fused-ring (bicyclic) bond motifs is 4. The zero-order valence-corrected chi connectivity index (χ0v) is 26.9. The summed E-state index contributed by atoms with van der Waals surface area (Å²) in [6, 6.07) is 22.8. The third-order valence-corrected chi connectivity index (χ3v) is 11.4. The standard InChI is InChI=1S/C36H31NO2S3/c1-35(2,3)20-15-21(36(4,5)6)17-22(16-20)37-27-13-14-40-33(27)34-28(37)19-30(42-34)29-12-11-23(41-29)18-26-31(38)24-9-7-8-10-25(24)32(26)39/h7-19H,1-6H3. The molecule has 2 aromatic carbocycles. The van der Waals surface area contributed by atoms with E-state index in [-0.39, 0.29) is 28.0 Å². The van der Waals surface area contributed by atoms with E-state index in [0.29, 0.717) is 11.1 Å². The molecule has 0 amide bonds. The summed E-state index contributed by atoms with van der Waals surface area (Å²) in [4.78, 5) is 29.1. The van der Waals surface area contributed by atoms with Gasteiger partial charge in [-0.25, -0.2) is 0 Å². The van der Waals surface area contributed by atoms with Crippen LogP contribution in [0.5, 0.6) is 0 Å². The van der Waals surface area contributed by atoms with Crippen molar-refractivity contribution in [2.75, 3.05) is 0 Å². The van der Waals surface area contributed by atoms with Crippen LogP contribution >= 0.6 is 34.0 Å². The Labute approximate surface area is 257 Å². The molecule has 0 saturated carbocycles. The summed E-state index contributed by atoms with van der Waals surface area (Å²) in [6.45, 7) is 13.7. The molecule has 4 heterocycles. The normalized spacial score (nSPS) is 14.0. The minimum atomic E-state index is -0.186. The van der Waals surface area contributed by atoms with Gasteiger partial charge in [-0.1, -0.05) is 71.9 Å². The topological polar surface area (TPSA) is 39.1 Å². The van der Waals surface area contributed by atoms with Crippen LogP contribution < -0.4 is 0 Å². The number of hydrogen-bond acceptors (Lipinski definition) is 5. The van der Waals surface area contributed by atoms with Crippen LogP contribution in [0.2, 0.25) is 0 Å². The van der Waals surface area contributed by atoms with Gasteiger partial charge in [-0.3, -0.25) is 9.59 Å². The van der Waals surface area contributed by atoms with Crippen LogP contribution in [0.25, 0.3) is 42.0 Å². The molecular weight excluding hydrogens is 575 g/mol. The van der Waals surface area contributed by atoms with Crippen molar-refractivity contribution >= 4 is 72.1 Å². The van der Waals surface area contributed by atoms with Crippen molar-refractivity contribution in [1.82, 2.24) is 4.57 Å². The molecule has 0 bridgehead atoms. The SMILES string of the molecule is CC(C)(C)c1cc(-n2c3ccsc3c3sc(-c4ccc(C=C5C(=O)c6ccccc6C5=O)s4)cc32)cc(C(C)(C)C)c1. The predicted octanol–water partition coefficient (Wildman–Crippen LogP) is 10.7. The van der Waals surface area contributed by atoms with E-state index in [9.17, 15) is 9.59 Å². The van der Waals surface area contributed by atoms with Crippen molar-refractivity contribution in [3.8, 4) is 15.4 Å². The zero-order chi connectivity index (χ0) is 29.6. The zero-order valence-electron chi connectivity index (χ0n) is 24.5. The van der Waals surface area contributed by atoms with E-state index >= 15 is 0 Å². The van der Waals surface area contributed by atoms with Gasteiger partial charge in [0.1, 0.15) is 0 Å². The van der Waals surface area contributed by atoms with Crippen LogP contribution in [0, 0.1) is 0 Å². The van der Waals surface area contributed by atoms with E-state index in [1.807, 2.05) is 17.4 Å². The van der Waals surface area contributed by atoms with E-state index in [1.165, 1.54) is 42.1 Å². The molecular formula is C36H31NO2S3. The summed E-state index contributed by atoms with van der Waals surface area (Å²) in [6.07, 6.45) is 1.76. The second-order valence-corrected chi connectivity index (χ2v) is 16.1. The number of carbonyl (C=O) groups excluding carboxylic acids is 2. The highest BCUT2D eigenvalue weighted by Crippen LogP contribution is 2.46. The minimum Gasteiger partial charge on any atom is -0.307 e. The van der Waals surface area contributed by atoms with Crippen molar-refractivity contribution < 1.29 is 9.59 Å². The van der Waals surface area contributed by atoms with Crippen LogP contribution in [0.15, 0.2) is 77.7 Å². The molecule has 1 aliphatic carbocycles. The van der Waals surface area contributed by atoms with Crippen molar-refractivity contribution in [1.29, 1.82) is 0 Å². The average molecular weight is 606 g/mol. The summed E-state index contributed by atoms with van der Waals surface area (Å²) < 4.78 is 5.02.